The first-order chi connectivity index (χ1) is 5.27. The van der Waals surface area contributed by atoms with E-state index in [0.717, 1.165) is 0 Å². The van der Waals surface area contributed by atoms with E-state index in [1.165, 1.54) is 0 Å². The molecule has 0 radical (unpaired) electrons. The quantitative estimate of drug-likeness (QED) is 0.530. The van der Waals surface area contributed by atoms with E-state index in [9.17, 15) is 5.11 Å². The van der Waals surface area contributed by atoms with E-state index in [0.29, 0.717) is 12.8 Å². The molecular weight excluding hydrogens is 144 g/mol. The lowest BCUT2D eigenvalue weighted by Gasteiger charge is -2.29. The smallest absolute Gasteiger partial charge is 0.144 e. The number of nitrogens with zero attached hydrogens (tertiary/aromatic N) is 1. The first-order valence-electron chi connectivity index (χ1n) is 3.71. The Kier molecular flexibility index (Phi) is 2.83. The maximum atomic E-state index is 9.27. The molecule has 3 N–H and O–H groups in total. The van der Waals surface area contributed by atoms with Crippen LogP contribution in [0.2, 0.25) is 0 Å². The average Bonchev–Trinajstić information content (AvgIpc) is 2.05. The number of hydrogen-bond donors (Lipinski definition) is 2. The summed E-state index contributed by atoms with van der Waals surface area (Å²) in [6.45, 7) is 0.277. The lowest BCUT2D eigenvalue weighted by atomic mass is 10.0. The fraction of sp³-hybridized carbons (Fsp3) is 0.857. The van der Waals surface area contributed by atoms with Gasteiger partial charge in [0.25, 0.3) is 0 Å². The normalized spacial score (nSPS) is 38.1. The second-order valence-electron chi connectivity index (χ2n) is 2.67. The predicted octanol–water partition coefficient (Wildman–Crippen LogP) is -0.623. The zero-order chi connectivity index (χ0) is 8.27. The van der Waals surface area contributed by atoms with Crippen molar-refractivity contribution in [2.45, 2.75) is 31.2 Å². The SMILES string of the molecule is N#CC1CCC(O)C(CN)O1. The van der Waals surface area contributed by atoms with Crippen molar-refractivity contribution in [3.8, 4) is 6.07 Å². The van der Waals surface area contributed by atoms with Gasteiger partial charge in [0.05, 0.1) is 18.3 Å². The van der Waals surface area contributed by atoms with Crippen LogP contribution in [0.15, 0.2) is 0 Å². The summed E-state index contributed by atoms with van der Waals surface area (Å²) in [6.07, 6.45) is -0.0150. The van der Waals surface area contributed by atoms with Crippen molar-refractivity contribution < 1.29 is 9.84 Å². The van der Waals surface area contributed by atoms with Crippen LogP contribution in [0, 0.1) is 11.3 Å². The van der Waals surface area contributed by atoms with E-state index in [1.54, 1.807) is 0 Å². The Bertz CT molecular complexity index is 166. The highest BCUT2D eigenvalue weighted by atomic mass is 16.5. The third kappa shape index (κ3) is 1.90. The zero-order valence-electron chi connectivity index (χ0n) is 6.23. The standard InChI is InChI=1S/C7H12N2O2/c8-3-5-1-2-6(10)7(4-9)11-5/h5-7,10H,1-2,4,9H2. The van der Waals surface area contributed by atoms with Crippen molar-refractivity contribution in [1.29, 1.82) is 5.26 Å². The summed E-state index contributed by atoms with van der Waals surface area (Å²) >= 11 is 0. The van der Waals surface area contributed by atoms with Crippen LogP contribution in [0.5, 0.6) is 0 Å². The van der Waals surface area contributed by atoms with Gasteiger partial charge in [-0.2, -0.15) is 5.26 Å². The first kappa shape index (κ1) is 8.47. The molecule has 0 aromatic heterocycles. The number of nitrogens with two attached hydrogens (primary N) is 1. The van der Waals surface area contributed by atoms with Crippen LogP contribution in [0.4, 0.5) is 0 Å². The highest BCUT2D eigenvalue weighted by Gasteiger charge is 2.28. The predicted molar refractivity (Wildman–Crippen MR) is 38.6 cm³/mol. The third-order valence-electron chi connectivity index (χ3n) is 1.87. The molecule has 0 aromatic carbocycles. The number of ether oxygens (including phenoxy) is 1. The molecule has 1 saturated heterocycles. The van der Waals surface area contributed by atoms with Gasteiger partial charge in [-0.15, -0.1) is 0 Å². The van der Waals surface area contributed by atoms with Crippen LogP contribution in [0.1, 0.15) is 12.8 Å². The molecular formula is C7H12N2O2. The van der Waals surface area contributed by atoms with Crippen molar-refractivity contribution >= 4 is 0 Å². The molecule has 3 unspecified atom stereocenters. The second kappa shape index (κ2) is 3.67. The van der Waals surface area contributed by atoms with E-state index in [-0.39, 0.29) is 18.8 Å². The van der Waals surface area contributed by atoms with E-state index in [4.69, 9.17) is 15.7 Å². The maximum absolute atomic E-state index is 9.27. The fourth-order valence-electron chi connectivity index (χ4n) is 1.19. The molecule has 1 aliphatic heterocycles. The third-order valence-corrected chi connectivity index (χ3v) is 1.87. The monoisotopic (exact) mass is 156 g/mol. The van der Waals surface area contributed by atoms with Gasteiger partial charge < -0.3 is 15.6 Å². The molecule has 0 aliphatic carbocycles. The van der Waals surface area contributed by atoms with Gasteiger partial charge in [-0.25, -0.2) is 0 Å². The van der Waals surface area contributed by atoms with E-state index in [2.05, 4.69) is 0 Å². The summed E-state index contributed by atoms with van der Waals surface area (Å²) in [6, 6.07) is 2.00. The minimum Gasteiger partial charge on any atom is -0.390 e. The number of aliphatic hydroxyl groups excluding tert-OH is 1. The minimum absolute atomic E-state index is 0.277. The zero-order valence-corrected chi connectivity index (χ0v) is 6.23. The van der Waals surface area contributed by atoms with Gasteiger partial charge in [0.15, 0.2) is 0 Å². The lowest BCUT2D eigenvalue weighted by Crippen LogP contribution is -2.42. The largest absolute Gasteiger partial charge is 0.390 e. The summed E-state index contributed by atoms with van der Waals surface area (Å²) < 4.78 is 5.16. The number of nitriles is 1. The topological polar surface area (TPSA) is 79.3 Å². The van der Waals surface area contributed by atoms with E-state index in [1.807, 2.05) is 6.07 Å². The van der Waals surface area contributed by atoms with Gasteiger partial charge in [0.2, 0.25) is 0 Å². The van der Waals surface area contributed by atoms with Gasteiger partial charge in [0.1, 0.15) is 6.10 Å². The Morgan fingerprint density at radius 3 is 2.91 bits per heavy atom. The Hall–Kier alpha value is -0.630. The van der Waals surface area contributed by atoms with Gasteiger partial charge in [-0.1, -0.05) is 0 Å². The molecule has 0 aromatic rings. The Balaban J connectivity index is 2.45. The van der Waals surface area contributed by atoms with Crippen molar-refractivity contribution in [2.75, 3.05) is 6.54 Å². The summed E-state index contributed by atoms with van der Waals surface area (Å²) in [5.41, 5.74) is 5.32. The Morgan fingerprint density at radius 2 is 2.36 bits per heavy atom. The second-order valence-corrected chi connectivity index (χ2v) is 2.67. The molecule has 62 valence electrons. The highest BCUT2D eigenvalue weighted by molar-refractivity contribution is 4.90. The summed E-state index contributed by atoms with van der Waals surface area (Å²) in [5.74, 6) is 0. The Labute approximate surface area is 65.6 Å². The van der Waals surface area contributed by atoms with Gasteiger partial charge in [-0.3, -0.25) is 0 Å². The maximum Gasteiger partial charge on any atom is 0.144 e. The van der Waals surface area contributed by atoms with Gasteiger partial charge in [0, 0.05) is 6.54 Å². The molecule has 0 saturated carbocycles. The van der Waals surface area contributed by atoms with Crippen LogP contribution in [-0.2, 0) is 4.74 Å². The number of aliphatic hydroxyl groups is 1. The molecule has 0 bridgehead atoms. The molecule has 11 heavy (non-hydrogen) atoms. The minimum atomic E-state index is -0.496. The molecule has 1 fully saturated rings. The van der Waals surface area contributed by atoms with Crippen molar-refractivity contribution in [2.24, 2.45) is 5.73 Å². The van der Waals surface area contributed by atoms with Crippen LogP contribution in [0.25, 0.3) is 0 Å². The van der Waals surface area contributed by atoms with Crippen LogP contribution >= 0.6 is 0 Å². The molecule has 1 rings (SSSR count). The lowest BCUT2D eigenvalue weighted by molar-refractivity contribution is -0.0926. The Morgan fingerprint density at radius 1 is 1.64 bits per heavy atom. The van der Waals surface area contributed by atoms with Crippen LogP contribution in [0.3, 0.4) is 0 Å². The number of hydrogen-bond acceptors (Lipinski definition) is 4. The van der Waals surface area contributed by atoms with Crippen molar-refractivity contribution in [1.82, 2.24) is 0 Å². The first-order valence-corrected chi connectivity index (χ1v) is 3.71. The number of rotatable bonds is 1. The summed E-state index contributed by atoms with van der Waals surface area (Å²) in [7, 11) is 0. The summed E-state index contributed by atoms with van der Waals surface area (Å²) in [4.78, 5) is 0. The molecule has 4 heteroatoms. The average molecular weight is 156 g/mol. The molecule has 1 aliphatic rings. The van der Waals surface area contributed by atoms with Crippen molar-refractivity contribution in [3.05, 3.63) is 0 Å². The molecule has 0 spiro atoms. The fourth-order valence-corrected chi connectivity index (χ4v) is 1.19. The van der Waals surface area contributed by atoms with E-state index < -0.39 is 6.10 Å². The van der Waals surface area contributed by atoms with Crippen LogP contribution in [-0.4, -0.2) is 30.0 Å². The van der Waals surface area contributed by atoms with Gasteiger partial charge in [-0.05, 0) is 12.8 Å². The molecule has 3 atom stereocenters. The van der Waals surface area contributed by atoms with Gasteiger partial charge >= 0.3 is 0 Å². The molecule has 4 nitrogen and oxygen atoms in total. The van der Waals surface area contributed by atoms with Crippen LogP contribution < -0.4 is 5.73 Å². The molecule has 1 heterocycles. The summed E-state index contributed by atoms with van der Waals surface area (Å²) in [5, 5.41) is 17.8. The van der Waals surface area contributed by atoms with E-state index >= 15 is 0 Å². The molecule has 0 amide bonds. The van der Waals surface area contributed by atoms with Crippen molar-refractivity contribution in [3.63, 3.8) is 0 Å². The highest BCUT2D eigenvalue weighted by Crippen LogP contribution is 2.18.